The van der Waals surface area contributed by atoms with Gasteiger partial charge >= 0.3 is 5.97 Å². The summed E-state index contributed by atoms with van der Waals surface area (Å²) in [6.45, 7) is 2.94. The van der Waals surface area contributed by atoms with E-state index in [0.717, 1.165) is 23.9 Å². The first kappa shape index (κ1) is 15.3. The van der Waals surface area contributed by atoms with Crippen LogP contribution in [-0.4, -0.2) is 34.3 Å². The number of benzene rings is 1. The van der Waals surface area contributed by atoms with E-state index in [0.29, 0.717) is 18.0 Å². The Morgan fingerprint density at radius 2 is 2.14 bits per heavy atom. The first-order chi connectivity index (χ1) is 10.2. The Kier molecular flexibility index (Phi) is 5.11. The smallest absolute Gasteiger partial charge is 0.354 e. The normalized spacial score (nSPS) is 12.3. The number of aliphatic hydroxyl groups is 1. The van der Waals surface area contributed by atoms with Gasteiger partial charge in [-0.1, -0.05) is 31.5 Å². The molecule has 3 N–H and O–H groups in total. The van der Waals surface area contributed by atoms with Crippen LogP contribution in [0.15, 0.2) is 30.3 Å². The molecule has 0 aliphatic heterocycles. The molecule has 0 aliphatic rings. The van der Waals surface area contributed by atoms with Crippen molar-refractivity contribution >= 4 is 22.6 Å². The van der Waals surface area contributed by atoms with Gasteiger partial charge in [0, 0.05) is 24.2 Å². The molecule has 1 aromatic heterocycles. The fourth-order valence-corrected chi connectivity index (χ4v) is 2.32. The Labute approximate surface area is 123 Å². The molecule has 0 radical (unpaired) electrons. The van der Waals surface area contributed by atoms with Crippen molar-refractivity contribution in [2.24, 2.45) is 5.92 Å². The SMILES string of the molecule is CCC(CCO)CNc1cc(C(=O)O)nc2ccccc12. The van der Waals surface area contributed by atoms with Gasteiger partial charge in [0.05, 0.1) is 5.52 Å². The number of nitrogens with zero attached hydrogens (tertiary/aromatic N) is 1. The molecular formula is C16H20N2O3. The second kappa shape index (κ2) is 7.04. The quantitative estimate of drug-likeness (QED) is 0.729. The Balaban J connectivity index is 2.30. The van der Waals surface area contributed by atoms with Crippen LogP contribution in [0.3, 0.4) is 0 Å². The van der Waals surface area contributed by atoms with Gasteiger partial charge in [-0.2, -0.15) is 0 Å². The first-order valence-corrected chi connectivity index (χ1v) is 7.13. The molecule has 2 rings (SSSR count). The summed E-state index contributed by atoms with van der Waals surface area (Å²) in [6.07, 6.45) is 1.70. The lowest BCUT2D eigenvalue weighted by Gasteiger charge is -2.16. The van der Waals surface area contributed by atoms with Crippen molar-refractivity contribution in [3.05, 3.63) is 36.0 Å². The van der Waals surface area contributed by atoms with Crippen LogP contribution in [0.5, 0.6) is 0 Å². The number of carbonyl (C=O) groups is 1. The number of aromatic carboxylic acids is 1. The van der Waals surface area contributed by atoms with E-state index in [9.17, 15) is 4.79 Å². The van der Waals surface area contributed by atoms with Gasteiger partial charge in [-0.05, 0) is 24.5 Å². The first-order valence-electron chi connectivity index (χ1n) is 7.13. The molecule has 21 heavy (non-hydrogen) atoms. The zero-order chi connectivity index (χ0) is 15.2. The monoisotopic (exact) mass is 288 g/mol. The summed E-state index contributed by atoms with van der Waals surface area (Å²) in [5.41, 5.74) is 1.47. The molecule has 0 aliphatic carbocycles. The van der Waals surface area contributed by atoms with Crippen molar-refractivity contribution in [3.63, 3.8) is 0 Å². The van der Waals surface area contributed by atoms with E-state index < -0.39 is 5.97 Å². The van der Waals surface area contributed by atoms with Crippen LogP contribution >= 0.6 is 0 Å². The third-order valence-electron chi connectivity index (χ3n) is 3.63. The van der Waals surface area contributed by atoms with Crippen molar-refractivity contribution < 1.29 is 15.0 Å². The number of carboxylic acids is 1. The van der Waals surface area contributed by atoms with Gasteiger partial charge in [-0.3, -0.25) is 0 Å². The molecule has 1 heterocycles. The number of aromatic nitrogens is 1. The highest BCUT2D eigenvalue weighted by molar-refractivity contribution is 5.97. The minimum Gasteiger partial charge on any atom is -0.477 e. The Morgan fingerprint density at radius 3 is 2.81 bits per heavy atom. The summed E-state index contributed by atoms with van der Waals surface area (Å²) in [6, 6.07) is 9.03. The predicted octanol–water partition coefficient (Wildman–Crippen LogP) is 2.75. The molecule has 0 amide bonds. The van der Waals surface area contributed by atoms with Crippen LogP contribution in [0.2, 0.25) is 0 Å². The van der Waals surface area contributed by atoms with E-state index in [4.69, 9.17) is 10.2 Å². The number of aliphatic hydroxyl groups excluding tert-OH is 1. The molecule has 0 saturated heterocycles. The molecular weight excluding hydrogens is 268 g/mol. The third kappa shape index (κ3) is 3.70. The summed E-state index contributed by atoms with van der Waals surface area (Å²) >= 11 is 0. The maximum Gasteiger partial charge on any atom is 0.354 e. The number of pyridine rings is 1. The second-order valence-corrected chi connectivity index (χ2v) is 5.04. The topological polar surface area (TPSA) is 82.5 Å². The molecule has 0 spiro atoms. The fourth-order valence-electron chi connectivity index (χ4n) is 2.32. The largest absolute Gasteiger partial charge is 0.477 e. The number of fused-ring (bicyclic) bond motifs is 1. The highest BCUT2D eigenvalue weighted by atomic mass is 16.4. The molecule has 5 nitrogen and oxygen atoms in total. The number of hydrogen-bond acceptors (Lipinski definition) is 4. The van der Waals surface area contributed by atoms with Gasteiger partial charge in [0.15, 0.2) is 5.69 Å². The van der Waals surface area contributed by atoms with Crippen LogP contribution in [0, 0.1) is 5.92 Å². The minimum absolute atomic E-state index is 0.0337. The van der Waals surface area contributed by atoms with Crippen LogP contribution < -0.4 is 5.32 Å². The molecule has 0 saturated carbocycles. The zero-order valence-electron chi connectivity index (χ0n) is 12.0. The summed E-state index contributed by atoms with van der Waals surface area (Å²) in [4.78, 5) is 15.3. The van der Waals surface area contributed by atoms with Gasteiger partial charge in [0.25, 0.3) is 0 Å². The molecule has 5 heteroatoms. The van der Waals surface area contributed by atoms with Gasteiger partial charge in [-0.25, -0.2) is 9.78 Å². The van der Waals surface area contributed by atoms with Crippen molar-refractivity contribution in [2.45, 2.75) is 19.8 Å². The fraction of sp³-hybridized carbons (Fsp3) is 0.375. The second-order valence-electron chi connectivity index (χ2n) is 5.04. The van der Waals surface area contributed by atoms with Crippen molar-refractivity contribution in [1.82, 2.24) is 4.98 Å². The Hall–Kier alpha value is -2.14. The Bertz CT molecular complexity index is 628. The zero-order valence-corrected chi connectivity index (χ0v) is 12.0. The molecule has 0 fully saturated rings. The summed E-state index contributed by atoms with van der Waals surface area (Å²) < 4.78 is 0. The van der Waals surface area contributed by atoms with Gasteiger partial charge < -0.3 is 15.5 Å². The average Bonchev–Trinajstić information content (AvgIpc) is 2.50. The lowest BCUT2D eigenvalue weighted by atomic mass is 10.0. The third-order valence-corrected chi connectivity index (χ3v) is 3.63. The van der Waals surface area contributed by atoms with Gasteiger partial charge in [0.1, 0.15) is 0 Å². The maximum atomic E-state index is 11.2. The number of anilines is 1. The van der Waals surface area contributed by atoms with E-state index in [1.807, 2.05) is 18.2 Å². The maximum absolute atomic E-state index is 11.2. The van der Waals surface area contributed by atoms with Crippen LogP contribution in [0.25, 0.3) is 10.9 Å². The lowest BCUT2D eigenvalue weighted by molar-refractivity contribution is 0.0691. The van der Waals surface area contributed by atoms with Crippen LogP contribution in [-0.2, 0) is 0 Å². The van der Waals surface area contributed by atoms with Crippen molar-refractivity contribution in [2.75, 3.05) is 18.5 Å². The summed E-state index contributed by atoms with van der Waals surface area (Å²) in [5, 5.41) is 22.4. The standard InChI is InChI=1S/C16H20N2O3/c1-2-11(7-8-19)10-17-14-9-15(16(20)21)18-13-6-4-3-5-12(13)14/h3-6,9,11,19H,2,7-8,10H2,1H3,(H,17,18)(H,20,21). The number of carboxylic acid groups (broad SMARTS) is 1. The minimum atomic E-state index is -1.04. The lowest BCUT2D eigenvalue weighted by Crippen LogP contribution is -2.15. The number of nitrogens with one attached hydrogen (secondary N) is 1. The molecule has 0 bridgehead atoms. The van der Waals surface area contributed by atoms with E-state index in [2.05, 4.69) is 17.2 Å². The van der Waals surface area contributed by atoms with Gasteiger partial charge in [0.2, 0.25) is 0 Å². The highest BCUT2D eigenvalue weighted by Gasteiger charge is 2.12. The number of hydrogen-bond donors (Lipinski definition) is 3. The van der Waals surface area contributed by atoms with Crippen LogP contribution in [0.1, 0.15) is 30.3 Å². The predicted molar refractivity (Wildman–Crippen MR) is 82.7 cm³/mol. The van der Waals surface area contributed by atoms with Gasteiger partial charge in [-0.15, -0.1) is 0 Å². The molecule has 1 aromatic carbocycles. The molecule has 1 atom stereocenters. The highest BCUT2D eigenvalue weighted by Crippen LogP contribution is 2.24. The van der Waals surface area contributed by atoms with Crippen molar-refractivity contribution in [3.8, 4) is 0 Å². The molecule has 1 unspecified atom stereocenters. The Morgan fingerprint density at radius 1 is 1.38 bits per heavy atom. The van der Waals surface area contributed by atoms with E-state index in [-0.39, 0.29) is 12.3 Å². The van der Waals surface area contributed by atoms with E-state index in [1.165, 1.54) is 0 Å². The molecule has 112 valence electrons. The van der Waals surface area contributed by atoms with Crippen LogP contribution in [0.4, 0.5) is 5.69 Å². The average molecular weight is 288 g/mol. The molecule has 2 aromatic rings. The number of para-hydroxylation sites is 1. The summed E-state index contributed by atoms with van der Waals surface area (Å²) in [7, 11) is 0. The number of rotatable bonds is 7. The van der Waals surface area contributed by atoms with E-state index in [1.54, 1.807) is 12.1 Å². The van der Waals surface area contributed by atoms with Crippen molar-refractivity contribution in [1.29, 1.82) is 0 Å². The van der Waals surface area contributed by atoms with E-state index >= 15 is 0 Å². The summed E-state index contributed by atoms with van der Waals surface area (Å²) in [5.74, 6) is -0.679.